The molecule has 0 aromatic heterocycles. The normalized spacial score (nSPS) is 32.2. The molecule has 2 rings (SSSR count). The Morgan fingerprint density at radius 3 is 3.25 bits per heavy atom. The summed E-state index contributed by atoms with van der Waals surface area (Å²) in [4.78, 5) is 0. The second-order valence-electron chi connectivity index (χ2n) is 3.51. The predicted octanol–water partition coefficient (Wildman–Crippen LogP) is 1.50. The first-order chi connectivity index (χ1) is 5.73. The van der Waals surface area contributed by atoms with Crippen molar-refractivity contribution in [3.63, 3.8) is 0 Å². The van der Waals surface area contributed by atoms with Gasteiger partial charge in [0.1, 0.15) is 11.4 Å². The van der Waals surface area contributed by atoms with Crippen LogP contribution in [0.2, 0.25) is 0 Å². The molecule has 1 aliphatic carbocycles. The zero-order valence-electron chi connectivity index (χ0n) is 7.21. The summed E-state index contributed by atoms with van der Waals surface area (Å²) in [5.74, 6) is 0.967. The number of rotatable bonds is 1. The third-order valence-electron chi connectivity index (χ3n) is 2.35. The molecular formula is C10H13NO. The fourth-order valence-electron chi connectivity index (χ4n) is 1.44. The first-order valence-electron chi connectivity index (χ1n) is 4.21. The fourth-order valence-corrected chi connectivity index (χ4v) is 1.44. The minimum atomic E-state index is -0.193. The molecule has 2 heteroatoms. The number of ether oxygens (including phenoxy) is 1. The maximum atomic E-state index is 5.75. The van der Waals surface area contributed by atoms with Crippen LogP contribution in [-0.4, -0.2) is 12.1 Å². The summed E-state index contributed by atoms with van der Waals surface area (Å²) in [6, 6.07) is 0. The molecule has 1 heterocycles. The number of hydrogen-bond donors (Lipinski definition) is 1. The smallest absolute Gasteiger partial charge is 0.127 e. The van der Waals surface area contributed by atoms with Gasteiger partial charge in [-0.1, -0.05) is 18.2 Å². The number of fused-ring (bicyclic) bond motifs is 1. The molecule has 0 amide bonds. The van der Waals surface area contributed by atoms with Crippen molar-refractivity contribution in [2.75, 3.05) is 6.54 Å². The van der Waals surface area contributed by atoms with Gasteiger partial charge in [0.2, 0.25) is 0 Å². The van der Waals surface area contributed by atoms with Crippen molar-refractivity contribution in [1.82, 2.24) is 0 Å². The monoisotopic (exact) mass is 163 g/mol. The van der Waals surface area contributed by atoms with Crippen molar-refractivity contribution >= 4 is 0 Å². The second kappa shape index (κ2) is 2.49. The van der Waals surface area contributed by atoms with Crippen LogP contribution in [0.5, 0.6) is 0 Å². The van der Waals surface area contributed by atoms with Crippen LogP contribution in [0, 0.1) is 0 Å². The molecule has 2 aliphatic rings. The molecule has 0 saturated heterocycles. The Morgan fingerprint density at radius 2 is 2.50 bits per heavy atom. The highest BCUT2D eigenvalue weighted by atomic mass is 16.5. The molecule has 0 radical (unpaired) electrons. The standard InChI is InChI=1S/C10H13NO/c1-10(7-11)6-5-8-3-2-4-9(8)12-10/h2-5H,6-7,11H2,1H3. The lowest BCUT2D eigenvalue weighted by Crippen LogP contribution is -2.38. The maximum Gasteiger partial charge on any atom is 0.127 e. The molecule has 0 saturated carbocycles. The maximum absolute atomic E-state index is 5.75. The molecule has 1 unspecified atom stereocenters. The molecule has 64 valence electrons. The van der Waals surface area contributed by atoms with Crippen LogP contribution in [0.25, 0.3) is 0 Å². The van der Waals surface area contributed by atoms with Gasteiger partial charge >= 0.3 is 0 Å². The second-order valence-corrected chi connectivity index (χ2v) is 3.51. The van der Waals surface area contributed by atoms with E-state index in [4.69, 9.17) is 10.5 Å². The summed E-state index contributed by atoms with van der Waals surface area (Å²) >= 11 is 0. The number of hydrogen-bond acceptors (Lipinski definition) is 2. The van der Waals surface area contributed by atoms with Crippen molar-refractivity contribution in [3.05, 3.63) is 35.6 Å². The van der Waals surface area contributed by atoms with E-state index in [2.05, 4.69) is 12.2 Å². The lowest BCUT2D eigenvalue weighted by molar-refractivity contribution is 0.0269. The van der Waals surface area contributed by atoms with E-state index in [1.165, 1.54) is 5.57 Å². The minimum Gasteiger partial charge on any atom is -0.485 e. The van der Waals surface area contributed by atoms with Crippen LogP contribution in [0.3, 0.4) is 0 Å². The van der Waals surface area contributed by atoms with Crippen LogP contribution < -0.4 is 5.73 Å². The quantitative estimate of drug-likeness (QED) is 0.635. The van der Waals surface area contributed by atoms with E-state index in [1.807, 2.05) is 19.1 Å². The molecule has 0 aromatic rings. The van der Waals surface area contributed by atoms with E-state index in [0.29, 0.717) is 6.54 Å². The van der Waals surface area contributed by atoms with Crippen LogP contribution in [0.4, 0.5) is 0 Å². The topological polar surface area (TPSA) is 35.2 Å². The Hall–Kier alpha value is -1.02. The van der Waals surface area contributed by atoms with Gasteiger partial charge in [-0.15, -0.1) is 0 Å². The largest absolute Gasteiger partial charge is 0.485 e. The summed E-state index contributed by atoms with van der Waals surface area (Å²) in [5, 5.41) is 0. The molecule has 1 aliphatic heterocycles. The molecule has 2 nitrogen and oxygen atoms in total. The van der Waals surface area contributed by atoms with Crippen molar-refractivity contribution in [2.45, 2.75) is 18.9 Å². The van der Waals surface area contributed by atoms with Crippen LogP contribution in [0.15, 0.2) is 35.6 Å². The average molecular weight is 163 g/mol. The predicted molar refractivity (Wildman–Crippen MR) is 48.5 cm³/mol. The van der Waals surface area contributed by atoms with E-state index in [-0.39, 0.29) is 5.60 Å². The number of allylic oxidation sites excluding steroid dienone is 3. The van der Waals surface area contributed by atoms with Crippen molar-refractivity contribution in [1.29, 1.82) is 0 Å². The van der Waals surface area contributed by atoms with Crippen LogP contribution >= 0.6 is 0 Å². The highest BCUT2D eigenvalue weighted by molar-refractivity contribution is 5.46. The molecule has 0 spiro atoms. The van der Waals surface area contributed by atoms with Gasteiger partial charge in [-0.2, -0.15) is 0 Å². The molecule has 0 aromatic carbocycles. The Balaban J connectivity index is 2.26. The first-order valence-corrected chi connectivity index (χ1v) is 4.21. The molecule has 12 heavy (non-hydrogen) atoms. The molecule has 0 fully saturated rings. The zero-order valence-corrected chi connectivity index (χ0v) is 7.21. The van der Waals surface area contributed by atoms with Gasteiger partial charge in [-0.05, 0) is 13.0 Å². The lowest BCUT2D eigenvalue weighted by atomic mass is 9.97. The Bertz CT molecular complexity index is 288. The van der Waals surface area contributed by atoms with Gasteiger partial charge in [0.05, 0.1) is 0 Å². The van der Waals surface area contributed by atoms with Crippen molar-refractivity contribution < 1.29 is 4.74 Å². The van der Waals surface area contributed by atoms with Crippen molar-refractivity contribution in [3.8, 4) is 0 Å². The summed E-state index contributed by atoms with van der Waals surface area (Å²) in [7, 11) is 0. The Kier molecular flexibility index (Phi) is 1.58. The SMILES string of the molecule is CC1(CN)CC=C2C=CC=C2O1. The van der Waals surface area contributed by atoms with Gasteiger partial charge in [0.15, 0.2) is 0 Å². The highest BCUT2D eigenvalue weighted by Crippen LogP contribution is 2.32. The van der Waals surface area contributed by atoms with Gasteiger partial charge in [-0.25, -0.2) is 0 Å². The average Bonchev–Trinajstić information content (AvgIpc) is 2.51. The van der Waals surface area contributed by atoms with Crippen LogP contribution in [-0.2, 0) is 4.74 Å². The summed E-state index contributed by atoms with van der Waals surface area (Å²) in [6.45, 7) is 2.60. The fraction of sp³-hybridized carbons (Fsp3) is 0.400. The van der Waals surface area contributed by atoms with Gasteiger partial charge in [-0.3, -0.25) is 0 Å². The molecule has 2 N–H and O–H groups in total. The third-order valence-corrected chi connectivity index (χ3v) is 2.35. The van der Waals surface area contributed by atoms with Crippen LogP contribution in [0.1, 0.15) is 13.3 Å². The molecule has 0 bridgehead atoms. The Labute approximate surface area is 72.4 Å². The third kappa shape index (κ3) is 1.08. The summed E-state index contributed by atoms with van der Waals surface area (Å²) < 4.78 is 5.75. The summed E-state index contributed by atoms with van der Waals surface area (Å²) in [5.41, 5.74) is 6.62. The van der Waals surface area contributed by atoms with E-state index < -0.39 is 0 Å². The number of nitrogens with two attached hydrogens (primary N) is 1. The Morgan fingerprint density at radius 1 is 1.67 bits per heavy atom. The van der Waals surface area contributed by atoms with E-state index in [1.54, 1.807) is 0 Å². The van der Waals surface area contributed by atoms with Gasteiger partial charge in [0, 0.05) is 18.5 Å². The van der Waals surface area contributed by atoms with E-state index in [0.717, 1.165) is 12.2 Å². The van der Waals surface area contributed by atoms with E-state index in [9.17, 15) is 0 Å². The highest BCUT2D eigenvalue weighted by Gasteiger charge is 2.29. The first kappa shape index (κ1) is 7.62. The lowest BCUT2D eigenvalue weighted by Gasteiger charge is -2.32. The summed E-state index contributed by atoms with van der Waals surface area (Å²) in [6.07, 6.45) is 9.14. The molecular weight excluding hydrogens is 150 g/mol. The van der Waals surface area contributed by atoms with E-state index >= 15 is 0 Å². The van der Waals surface area contributed by atoms with Gasteiger partial charge in [0.25, 0.3) is 0 Å². The van der Waals surface area contributed by atoms with Gasteiger partial charge < -0.3 is 10.5 Å². The minimum absolute atomic E-state index is 0.193. The van der Waals surface area contributed by atoms with Crippen molar-refractivity contribution in [2.24, 2.45) is 5.73 Å². The zero-order chi connectivity index (χ0) is 8.60. The molecule has 1 atom stereocenters.